The van der Waals surface area contributed by atoms with Gasteiger partial charge in [-0.2, -0.15) is 0 Å². The summed E-state index contributed by atoms with van der Waals surface area (Å²) in [5.74, 6) is -0.322. The molecule has 11 heteroatoms. The van der Waals surface area contributed by atoms with Gasteiger partial charge in [-0.15, -0.1) is 0 Å². The minimum absolute atomic E-state index is 0.0442. The molecule has 1 fully saturated rings. The summed E-state index contributed by atoms with van der Waals surface area (Å²) >= 11 is 0. The Kier molecular flexibility index (Phi) is 9.55. The van der Waals surface area contributed by atoms with Gasteiger partial charge in [-0.3, -0.25) is 0 Å². The lowest BCUT2D eigenvalue weighted by atomic mass is 9.98. The van der Waals surface area contributed by atoms with Crippen molar-refractivity contribution in [2.45, 2.75) is 56.7 Å². The van der Waals surface area contributed by atoms with E-state index in [1.165, 1.54) is 9.80 Å². The van der Waals surface area contributed by atoms with Gasteiger partial charge in [-0.25, -0.2) is 9.59 Å². The highest BCUT2D eigenvalue weighted by Crippen LogP contribution is 2.44. The summed E-state index contributed by atoms with van der Waals surface area (Å²) in [5, 5.41) is 49.8. The standard InChI is InChI=1S/C30H40N2O9/c1-30(2,3)41-29(39)31-12-18(13-31)14-32(15-24(34)26(36)27(37)25(35)16-33)28(38)40-17-23-21-10-6-4-8-19(21)20-9-5-7-11-22(20)23/h4-11,18,23-27,33-37H,12-17H2,1-3H3/t24-,25+,26+,27+/m0/s1. The molecule has 0 radical (unpaired) electrons. The molecule has 0 aromatic heterocycles. The van der Waals surface area contributed by atoms with E-state index in [1.54, 1.807) is 20.8 Å². The summed E-state index contributed by atoms with van der Waals surface area (Å²) in [5.41, 5.74) is 3.59. The molecule has 41 heavy (non-hydrogen) atoms. The Balaban J connectivity index is 1.44. The molecule has 1 saturated heterocycles. The molecule has 0 unspecified atom stereocenters. The average molecular weight is 573 g/mol. The van der Waals surface area contributed by atoms with Crippen LogP contribution in [0.5, 0.6) is 0 Å². The van der Waals surface area contributed by atoms with E-state index in [-0.39, 0.29) is 25.0 Å². The van der Waals surface area contributed by atoms with Gasteiger partial charge < -0.3 is 44.8 Å². The zero-order chi connectivity index (χ0) is 29.9. The Bertz CT molecular complexity index is 1160. The van der Waals surface area contributed by atoms with E-state index in [0.29, 0.717) is 13.1 Å². The molecular weight excluding hydrogens is 532 g/mol. The number of carbonyl (C=O) groups excluding carboxylic acids is 2. The van der Waals surface area contributed by atoms with Crippen molar-refractivity contribution in [1.82, 2.24) is 9.80 Å². The van der Waals surface area contributed by atoms with Gasteiger partial charge >= 0.3 is 12.2 Å². The van der Waals surface area contributed by atoms with Crippen LogP contribution in [0.1, 0.15) is 37.8 Å². The van der Waals surface area contributed by atoms with Gasteiger partial charge in [-0.1, -0.05) is 48.5 Å². The molecule has 4 atom stereocenters. The van der Waals surface area contributed by atoms with Crippen LogP contribution in [0.3, 0.4) is 0 Å². The van der Waals surface area contributed by atoms with Crippen molar-refractivity contribution in [2.75, 3.05) is 39.4 Å². The molecule has 2 aromatic carbocycles. The predicted octanol–water partition coefficient (Wildman–Crippen LogP) is 1.54. The van der Waals surface area contributed by atoms with E-state index in [0.717, 1.165) is 22.3 Å². The van der Waals surface area contributed by atoms with Crippen molar-refractivity contribution in [3.8, 4) is 11.1 Å². The molecule has 1 aliphatic heterocycles. The van der Waals surface area contributed by atoms with E-state index >= 15 is 0 Å². The number of hydrogen-bond acceptors (Lipinski definition) is 9. The number of hydrogen-bond donors (Lipinski definition) is 5. The Labute approximate surface area is 239 Å². The first kappa shape index (κ1) is 30.7. The summed E-state index contributed by atoms with van der Waals surface area (Å²) in [4.78, 5) is 28.5. The molecule has 0 spiro atoms. The fourth-order valence-electron chi connectivity index (χ4n) is 5.28. The second-order valence-electron chi connectivity index (χ2n) is 11.8. The fraction of sp³-hybridized carbons (Fsp3) is 0.533. The second kappa shape index (κ2) is 12.7. The van der Waals surface area contributed by atoms with Crippen LogP contribution in [0.2, 0.25) is 0 Å². The number of nitrogens with zero attached hydrogens (tertiary/aromatic N) is 2. The Morgan fingerprint density at radius 1 is 0.927 bits per heavy atom. The highest BCUT2D eigenvalue weighted by atomic mass is 16.6. The summed E-state index contributed by atoms with van der Waals surface area (Å²) in [7, 11) is 0. The molecule has 0 saturated carbocycles. The van der Waals surface area contributed by atoms with Gasteiger partial charge in [-0.05, 0) is 43.0 Å². The Hall–Kier alpha value is -3.22. The lowest BCUT2D eigenvalue weighted by Gasteiger charge is -2.42. The minimum atomic E-state index is -1.83. The maximum Gasteiger partial charge on any atom is 0.410 e. The lowest BCUT2D eigenvalue weighted by Crippen LogP contribution is -2.57. The zero-order valence-electron chi connectivity index (χ0n) is 23.6. The normalized spacial score (nSPS) is 18.0. The third kappa shape index (κ3) is 7.17. The third-order valence-electron chi connectivity index (χ3n) is 7.41. The monoisotopic (exact) mass is 572 g/mol. The smallest absolute Gasteiger partial charge is 0.410 e. The number of amides is 2. The van der Waals surface area contributed by atoms with Crippen LogP contribution >= 0.6 is 0 Å². The van der Waals surface area contributed by atoms with E-state index in [1.807, 2.05) is 48.5 Å². The number of fused-ring (bicyclic) bond motifs is 3. The van der Waals surface area contributed by atoms with Crippen molar-refractivity contribution < 1.29 is 44.6 Å². The van der Waals surface area contributed by atoms with Crippen molar-refractivity contribution in [1.29, 1.82) is 0 Å². The van der Waals surface area contributed by atoms with Crippen molar-refractivity contribution in [3.63, 3.8) is 0 Å². The van der Waals surface area contributed by atoms with E-state index in [2.05, 4.69) is 0 Å². The summed E-state index contributed by atoms with van der Waals surface area (Å²) in [6.07, 6.45) is -8.17. The first-order chi connectivity index (χ1) is 19.4. The SMILES string of the molecule is CC(C)(C)OC(=O)N1CC(CN(C[C@H](O)[C@@H](O)[C@H](O)[C@H](O)CO)C(=O)OCC2c3ccccc3-c3ccccc32)C1. The Morgan fingerprint density at radius 3 is 2.00 bits per heavy atom. The third-order valence-corrected chi connectivity index (χ3v) is 7.41. The number of aliphatic hydroxyl groups is 5. The number of aliphatic hydroxyl groups excluding tert-OH is 5. The maximum absolute atomic E-state index is 13.4. The number of likely N-dealkylation sites (tertiary alicyclic amines) is 1. The summed E-state index contributed by atoms with van der Waals surface area (Å²) < 4.78 is 11.1. The number of carbonyl (C=O) groups is 2. The van der Waals surface area contributed by atoms with E-state index in [9.17, 15) is 30.0 Å². The minimum Gasteiger partial charge on any atom is -0.448 e. The number of ether oxygens (including phenoxy) is 2. The maximum atomic E-state index is 13.4. The molecular formula is C30H40N2O9. The fourth-order valence-corrected chi connectivity index (χ4v) is 5.28. The lowest BCUT2D eigenvalue weighted by molar-refractivity contribution is -0.119. The van der Waals surface area contributed by atoms with Crippen LogP contribution in [0.15, 0.2) is 48.5 Å². The van der Waals surface area contributed by atoms with Gasteiger partial charge in [0.05, 0.1) is 13.2 Å². The molecule has 5 N–H and O–H groups in total. The zero-order valence-corrected chi connectivity index (χ0v) is 23.6. The molecule has 11 nitrogen and oxygen atoms in total. The van der Waals surface area contributed by atoms with Crippen LogP contribution < -0.4 is 0 Å². The van der Waals surface area contributed by atoms with Crippen LogP contribution in [-0.2, 0) is 9.47 Å². The average Bonchev–Trinajstić information content (AvgIpc) is 3.23. The summed E-state index contributed by atoms with van der Waals surface area (Å²) in [6, 6.07) is 15.8. The molecule has 2 aromatic rings. The first-order valence-electron chi connectivity index (χ1n) is 13.8. The molecule has 1 heterocycles. The largest absolute Gasteiger partial charge is 0.448 e. The number of rotatable bonds is 10. The topological polar surface area (TPSA) is 160 Å². The van der Waals surface area contributed by atoms with Crippen molar-refractivity contribution >= 4 is 12.2 Å². The van der Waals surface area contributed by atoms with Gasteiger partial charge in [0.15, 0.2) is 0 Å². The van der Waals surface area contributed by atoms with Crippen LogP contribution in [0.4, 0.5) is 9.59 Å². The molecule has 2 aliphatic rings. The van der Waals surface area contributed by atoms with Gasteiger partial charge in [0.25, 0.3) is 0 Å². The molecule has 0 bridgehead atoms. The first-order valence-corrected chi connectivity index (χ1v) is 13.8. The summed E-state index contributed by atoms with van der Waals surface area (Å²) in [6.45, 7) is 4.90. The van der Waals surface area contributed by atoms with Crippen LogP contribution in [-0.4, -0.2) is 117 Å². The quantitative estimate of drug-likeness (QED) is 0.285. The number of benzene rings is 2. The second-order valence-corrected chi connectivity index (χ2v) is 11.8. The van der Waals surface area contributed by atoms with Gasteiger partial charge in [0.1, 0.15) is 36.6 Å². The van der Waals surface area contributed by atoms with E-state index in [4.69, 9.17) is 14.6 Å². The van der Waals surface area contributed by atoms with Crippen LogP contribution in [0.25, 0.3) is 11.1 Å². The highest BCUT2D eigenvalue weighted by Gasteiger charge is 2.38. The van der Waals surface area contributed by atoms with Crippen molar-refractivity contribution in [2.24, 2.45) is 5.92 Å². The molecule has 224 valence electrons. The predicted molar refractivity (Wildman–Crippen MR) is 149 cm³/mol. The van der Waals surface area contributed by atoms with Gasteiger partial charge in [0, 0.05) is 31.5 Å². The van der Waals surface area contributed by atoms with Crippen LogP contribution in [0, 0.1) is 5.92 Å². The Morgan fingerprint density at radius 2 is 1.46 bits per heavy atom. The molecule has 4 rings (SSSR count). The van der Waals surface area contributed by atoms with Crippen molar-refractivity contribution in [3.05, 3.63) is 59.7 Å². The molecule has 2 amide bonds. The highest BCUT2D eigenvalue weighted by molar-refractivity contribution is 5.79. The van der Waals surface area contributed by atoms with Gasteiger partial charge in [0.2, 0.25) is 0 Å². The van der Waals surface area contributed by atoms with E-state index < -0.39 is 55.4 Å². The molecule has 1 aliphatic carbocycles.